The number of hydrogen-bond acceptors (Lipinski definition) is 3. The zero-order chi connectivity index (χ0) is 11.4. The van der Waals surface area contributed by atoms with E-state index in [4.69, 9.17) is 10.5 Å². The van der Waals surface area contributed by atoms with Crippen LogP contribution in [0.4, 0.5) is 0 Å². The highest BCUT2D eigenvalue weighted by Crippen LogP contribution is 2.10. The summed E-state index contributed by atoms with van der Waals surface area (Å²) in [6.45, 7) is 2.47. The highest BCUT2D eigenvalue weighted by atomic mass is 16.5. The third-order valence-corrected chi connectivity index (χ3v) is 2.71. The van der Waals surface area contributed by atoms with Crippen molar-refractivity contribution in [2.45, 2.75) is 19.1 Å². The highest BCUT2D eigenvalue weighted by Gasteiger charge is 2.14. The van der Waals surface area contributed by atoms with Gasteiger partial charge in [-0.3, -0.25) is 4.79 Å². The molecule has 1 aliphatic heterocycles. The summed E-state index contributed by atoms with van der Waals surface area (Å²) in [6.07, 6.45) is 1.34. The van der Waals surface area contributed by atoms with Crippen LogP contribution in [0.5, 0.6) is 0 Å². The average Bonchev–Trinajstić information content (AvgIpc) is 2.79. The molecule has 3 N–H and O–H groups in total. The van der Waals surface area contributed by atoms with Crippen LogP contribution in [0.25, 0.3) is 0 Å². The standard InChI is InChI=1S/C12H16N2O2/c13-12(15)10-3-1-2-9(6-10)8-16-11-4-5-14-7-11/h1-3,6,11,14H,4-5,7-8H2,(H2,13,15). The Morgan fingerprint density at radius 1 is 1.56 bits per heavy atom. The fourth-order valence-electron chi connectivity index (χ4n) is 1.80. The van der Waals surface area contributed by atoms with Crippen LogP contribution in [-0.2, 0) is 11.3 Å². The van der Waals surface area contributed by atoms with E-state index in [2.05, 4.69) is 5.32 Å². The molecule has 1 atom stereocenters. The molecule has 0 bridgehead atoms. The van der Waals surface area contributed by atoms with Gasteiger partial charge in [0, 0.05) is 12.1 Å². The number of rotatable bonds is 4. The number of nitrogens with one attached hydrogen (secondary N) is 1. The van der Waals surface area contributed by atoms with Gasteiger partial charge in [0.25, 0.3) is 0 Å². The Labute approximate surface area is 94.8 Å². The average molecular weight is 220 g/mol. The Bertz CT molecular complexity index is 373. The summed E-state index contributed by atoms with van der Waals surface area (Å²) in [6, 6.07) is 7.26. The SMILES string of the molecule is NC(=O)c1cccc(COC2CCNC2)c1. The van der Waals surface area contributed by atoms with Crippen LogP contribution in [0.1, 0.15) is 22.3 Å². The van der Waals surface area contributed by atoms with Gasteiger partial charge >= 0.3 is 0 Å². The van der Waals surface area contributed by atoms with E-state index < -0.39 is 5.91 Å². The molecule has 1 unspecified atom stereocenters. The predicted octanol–water partition coefficient (Wildman–Crippen LogP) is 0.664. The summed E-state index contributed by atoms with van der Waals surface area (Å²) in [4.78, 5) is 11.0. The summed E-state index contributed by atoms with van der Waals surface area (Å²) in [5.41, 5.74) is 6.73. The Morgan fingerprint density at radius 3 is 3.12 bits per heavy atom. The van der Waals surface area contributed by atoms with Crippen LogP contribution < -0.4 is 11.1 Å². The molecular formula is C12H16N2O2. The van der Waals surface area contributed by atoms with Crippen LogP contribution in [0.3, 0.4) is 0 Å². The van der Waals surface area contributed by atoms with Crippen molar-refractivity contribution in [3.63, 3.8) is 0 Å². The van der Waals surface area contributed by atoms with Gasteiger partial charge in [0.05, 0.1) is 12.7 Å². The van der Waals surface area contributed by atoms with Gasteiger partial charge in [-0.05, 0) is 30.7 Å². The van der Waals surface area contributed by atoms with Crippen molar-refractivity contribution in [1.82, 2.24) is 5.32 Å². The maximum absolute atomic E-state index is 11.0. The first-order chi connectivity index (χ1) is 7.75. The molecule has 1 aromatic rings. The first-order valence-electron chi connectivity index (χ1n) is 5.47. The Kier molecular flexibility index (Phi) is 3.54. The van der Waals surface area contributed by atoms with Gasteiger partial charge in [-0.1, -0.05) is 12.1 Å². The number of primary amides is 1. The lowest BCUT2D eigenvalue weighted by Crippen LogP contribution is -2.16. The minimum absolute atomic E-state index is 0.289. The molecule has 1 aromatic carbocycles. The van der Waals surface area contributed by atoms with Crippen LogP contribution in [0, 0.1) is 0 Å². The second kappa shape index (κ2) is 5.09. The minimum Gasteiger partial charge on any atom is -0.372 e. The van der Waals surface area contributed by atoms with Gasteiger partial charge in [0.2, 0.25) is 5.91 Å². The molecule has 1 heterocycles. The second-order valence-electron chi connectivity index (χ2n) is 3.99. The molecule has 4 nitrogen and oxygen atoms in total. The largest absolute Gasteiger partial charge is 0.372 e. The van der Waals surface area contributed by atoms with E-state index in [-0.39, 0.29) is 6.10 Å². The summed E-state index contributed by atoms with van der Waals surface area (Å²) in [7, 11) is 0. The molecule has 1 saturated heterocycles. The van der Waals surface area contributed by atoms with Crippen LogP contribution in [0.15, 0.2) is 24.3 Å². The van der Waals surface area contributed by atoms with Gasteiger partial charge < -0.3 is 15.8 Å². The maximum atomic E-state index is 11.0. The zero-order valence-corrected chi connectivity index (χ0v) is 9.11. The van der Waals surface area contributed by atoms with Gasteiger partial charge in [0.15, 0.2) is 0 Å². The maximum Gasteiger partial charge on any atom is 0.248 e. The third kappa shape index (κ3) is 2.81. The smallest absolute Gasteiger partial charge is 0.248 e. The first-order valence-corrected chi connectivity index (χ1v) is 5.47. The topological polar surface area (TPSA) is 64.4 Å². The lowest BCUT2D eigenvalue weighted by Gasteiger charge is -2.10. The van der Waals surface area contributed by atoms with Crippen LogP contribution in [0.2, 0.25) is 0 Å². The summed E-state index contributed by atoms with van der Waals surface area (Å²) in [5.74, 6) is -0.399. The van der Waals surface area contributed by atoms with Crippen LogP contribution >= 0.6 is 0 Å². The van der Waals surface area contributed by atoms with Crippen molar-refractivity contribution in [2.24, 2.45) is 5.73 Å². The quantitative estimate of drug-likeness (QED) is 0.783. The molecule has 16 heavy (non-hydrogen) atoms. The van der Waals surface area contributed by atoms with E-state index in [1.165, 1.54) is 0 Å². The Balaban J connectivity index is 1.93. The molecule has 2 rings (SSSR count). The Morgan fingerprint density at radius 2 is 2.44 bits per heavy atom. The van der Waals surface area contributed by atoms with Gasteiger partial charge in [-0.2, -0.15) is 0 Å². The monoisotopic (exact) mass is 220 g/mol. The number of carbonyl (C=O) groups is 1. The lowest BCUT2D eigenvalue weighted by atomic mass is 10.1. The van der Waals surface area contributed by atoms with Crippen LogP contribution in [-0.4, -0.2) is 25.1 Å². The highest BCUT2D eigenvalue weighted by molar-refractivity contribution is 5.92. The number of ether oxygens (including phenoxy) is 1. The summed E-state index contributed by atoms with van der Waals surface area (Å²) < 4.78 is 5.71. The predicted molar refractivity (Wildman–Crippen MR) is 61.0 cm³/mol. The van der Waals surface area contributed by atoms with E-state index >= 15 is 0 Å². The molecule has 0 aliphatic carbocycles. The van der Waals surface area contributed by atoms with Crippen molar-refractivity contribution >= 4 is 5.91 Å². The number of nitrogens with two attached hydrogens (primary N) is 1. The fourth-order valence-corrected chi connectivity index (χ4v) is 1.80. The second-order valence-corrected chi connectivity index (χ2v) is 3.99. The molecule has 1 fully saturated rings. The third-order valence-electron chi connectivity index (χ3n) is 2.71. The molecule has 0 saturated carbocycles. The molecular weight excluding hydrogens is 204 g/mol. The number of amides is 1. The molecule has 1 amide bonds. The molecule has 0 radical (unpaired) electrons. The normalized spacial score (nSPS) is 19.9. The van der Waals surface area contributed by atoms with E-state index in [0.29, 0.717) is 12.2 Å². The molecule has 86 valence electrons. The van der Waals surface area contributed by atoms with Gasteiger partial charge in [0.1, 0.15) is 0 Å². The van der Waals surface area contributed by atoms with Crippen molar-refractivity contribution in [1.29, 1.82) is 0 Å². The number of carbonyl (C=O) groups excluding carboxylic acids is 1. The number of benzene rings is 1. The minimum atomic E-state index is -0.399. The molecule has 4 heteroatoms. The van der Waals surface area contributed by atoms with Crippen molar-refractivity contribution in [2.75, 3.05) is 13.1 Å². The van der Waals surface area contributed by atoms with Crippen molar-refractivity contribution in [3.8, 4) is 0 Å². The van der Waals surface area contributed by atoms with Crippen molar-refractivity contribution in [3.05, 3.63) is 35.4 Å². The van der Waals surface area contributed by atoms with Gasteiger partial charge in [-0.15, -0.1) is 0 Å². The molecule has 1 aliphatic rings. The molecule has 0 aromatic heterocycles. The molecule has 0 spiro atoms. The van der Waals surface area contributed by atoms with E-state index in [9.17, 15) is 4.79 Å². The van der Waals surface area contributed by atoms with E-state index in [1.54, 1.807) is 12.1 Å². The summed E-state index contributed by atoms with van der Waals surface area (Å²) >= 11 is 0. The van der Waals surface area contributed by atoms with Gasteiger partial charge in [-0.25, -0.2) is 0 Å². The number of hydrogen-bond donors (Lipinski definition) is 2. The fraction of sp³-hybridized carbons (Fsp3) is 0.417. The first kappa shape index (κ1) is 11.1. The zero-order valence-electron chi connectivity index (χ0n) is 9.11. The summed E-state index contributed by atoms with van der Waals surface area (Å²) in [5, 5.41) is 3.24. The van der Waals surface area contributed by atoms with Crippen molar-refractivity contribution < 1.29 is 9.53 Å². The lowest BCUT2D eigenvalue weighted by molar-refractivity contribution is 0.0542. The van der Waals surface area contributed by atoms with E-state index in [1.807, 2.05) is 12.1 Å². The van der Waals surface area contributed by atoms with E-state index in [0.717, 1.165) is 25.1 Å². The Hall–Kier alpha value is -1.39.